The molecule has 0 saturated heterocycles. The lowest BCUT2D eigenvalue weighted by atomic mass is 10.3. The van der Waals surface area contributed by atoms with Gasteiger partial charge in [0.15, 0.2) is 5.82 Å². The molecule has 0 spiro atoms. The minimum atomic E-state index is -3.54. The molecule has 120 valence electrons. The highest BCUT2D eigenvalue weighted by Crippen LogP contribution is 2.24. The van der Waals surface area contributed by atoms with Crippen molar-refractivity contribution < 1.29 is 12.9 Å². The second-order valence-electron chi connectivity index (χ2n) is 5.00. The largest absolute Gasteiger partial charge is 0.360 e. The number of anilines is 3. The van der Waals surface area contributed by atoms with Crippen molar-refractivity contribution in [2.75, 3.05) is 10.0 Å². The highest BCUT2D eigenvalue weighted by atomic mass is 32.2. The molecule has 2 heterocycles. The van der Waals surface area contributed by atoms with Crippen molar-refractivity contribution in [1.82, 2.24) is 5.16 Å². The predicted octanol–water partition coefficient (Wildman–Crippen LogP) is 3.90. The highest BCUT2D eigenvalue weighted by molar-refractivity contribution is 7.94. The maximum atomic E-state index is 12.3. The van der Waals surface area contributed by atoms with Gasteiger partial charge in [0.1, 0.15) is 9.97 Å². The standard InChI is InChI=1S/C15H15N3O3S2/c1-10-9-14(17-21-10)16-12-4-6-13(7-5-12)18-23(19,20)15-8-3-11(2)22-15/h3-9,18H,1-2H3,(H,16,17). The summed E-state index contributed by atoms with van der Waals surface area (Å²) in [5, 5.41) is 6.91. The lowest BCUT2D eigenvalue weighted by Gasteiger charge is -2.07. The molecule has 0 saturated carbocycles. The molecule has 0 atom stereocenters. The molecule has 0 bridgehead atoms. The van der Waals surface area contributed by atoms with Gasteiger partial charge in [-0.05, 0) is 50.2 Å². The van der Waals surface area contributed by atoms with E-state index in [9.17, 15) is 8.42 Å². The second-order valence-corrected chi connectivity index (χ2v) is 8.19. The molecule has 0 unspecified atom stereocenters. The highest BCUT2D eigenvalue weighted by Gasteiger charge is 2.16. The number of nitrogens with zero attached hydrogens (tertiary/aromatic N) is 1. The molecular formula is C15H15N3O3S2. The Bertz CT molecular complexity index is 912. The average Bonchev–Trinajstić information content (AvgIpc) is 3.10. The van der Waals surface area contributed by atoms with Gasteiger partial charge in [0.2, 0.25) is 0 Å². The van der Waals surface area contributed by atoms with Crippen LogP contribution in [0.1, 0.15) is 10.6 Å². The minimum Gasteiger partial charge on any atom is -0.360 e. The number of benzene rings is 1. The van der Waals surface area contributed by atoms with E-state index in [0.717, 1.165) is 10.6 Å². The Morgan fingerprint density at radius 2 is 1.74 bits per heavy atom. The van der Waals surface area contributed by atoms with Crippen LogP contribution in [-0.4, -0.2) is 13.6 Å². The van der Waals surface area contributed by atoms with Crippen LogP contribution in [0, 0.1) is 13.8 Å². The van der Waals surface area contributed by atoms with E-state index in [1.54, 1.807) is 42.5 Å². The Labute approximate surface area is 138 Å². The monoisotopic (exact) mass is 349 g/mol. The molecule has 0 aliphatic heterocycles. The van der Waals surface area contributed by atoms with Crippen LogP contribution in [0.5, 0.6) is 0 Å². The van der Waals surface area contributed by atoms with Crippen molar-refractivity contribution in [2.24, 2.45) is 0 Å². The first kappa shape index (κ1) is 15.6. The summed E-state index contributed by atoms with van der Waals surface area (Å²) in [6.45, 7) is 3.68. The fraction of sp³-hybridized carbons (Fsp3) is 0.133. The van der Waals surface area contributed by atoms with Crippen molar-refractivity contribution >= 4 is 38.6 Å². The van der Waals surface area contributed by atoms with E-state index >= 15 is 0 Å². The number of rotatable bonds is 5. The van der Waals surface area contributed by atoms with Crippen LogP contribution in [0.25, 0.3) is 0 Å². The molecule has 3 rings (SSSR count). The Morgan fingerprint density at radius 1 is 1.04 bits per heavy atom. The van der Waals surface area contributed by atoms with Crippen LogP contribution >= 0.6 is 11.3 Å². The molecule has 2 N–H and O–H groups in total. The summed E-state index contributed by atoms with van der Waals surface area (Å²) in [5.74, 6) is 1.31. The zero-order chi connectivity index (χ0) is 16.4. The van der Waals surface area contributed by atoms with Gasteiger partial charge in [-0.2, -0.15) is 0 Å². The summed E-state index contributed by atoms with van der Waals surface area (Å²) in [5.41, 5.74) is 1.28. The zero-order valence-corrected chi connectivity index (χ0v) is 14.2. The van der Waals surface area contributed by atoms with Gasteiger partial charge in [0, 0.05) is 22.3 Å². The van der Waals surface area contributed by atoms with Crippen LogP contribution in [0.15, 0.2) is 51.2 Å². The molecule has 6 nitrogen and oxygen atoms in total. The van der Waals surface area contributed by atoms with Crippen LogP contribution in [0.2, 0.25) is 0 Å². The quantitative estimate of drug-likeness (QED) is 0.730. The topological polar surface area (TPSA) is 84.2 Å². The molecule has 23 heavy (non-hydrogen) atoms. The number of nitrogens with one attached hydrogen (secondary N) is 2. The summed E-state index contributed by atoms with van der Waals surface area (Å²) in [6, 6.07) is 12.1. The van der Waals surface area contributed by atoms with Crippen molar-refractivity contribution in [1.29, 1.82) is 0 Å². The summed E-state index contributed by atoms with van der Waals surface area (Å²) < 4.78 is 32.3. The first-order chi connectivity index (χ1) is 10.9. The van der Waals surface area contributed by atoms with Gasteiger partial charge in [-0.1, -0.05) is 5.16 Å². The Morgan fingerprint density at radius 3 is 2.30 bits per heavy atom. The SMILES string of the molecule is Cc1cc(Nc2ccc(NS(=O)(=O)c3ccc(C)s3)cc2)no1. The maximum absolute atomic E-state index is 12.3. The Kier molecular flexibility index (Phi) is 4.10. The van der Waals surface area contributed by atoms with Crippen molar-refractivity contribution in [3.05, 3.63) is 53.1 Å². The number of hydrogen-bond acceptors (Lipinski definition) is 6. The molecule has 2 aromatic heterocycles. The van der Waals surface area contributed by atoms with Crippen LogP contribution in [0.4, 0.5) is 17.2 Å². The normalized spacial score (nSPS) is 11.4. The van der Waals surface area contributed by atoms with Crippen molar-refractivity contribution in [3.8, 4) is 0 Å². The van der Waals surface area contributed by atoms with Gasteiger partial charge in [-0.25, -0.2) is 8.42 Å². The smallest absolute Gasteiger partial charge is 0.271 e. The lowest BCUT2D eigenvalue weighted by Crippen LogP contribution is -2.11. The van der Waals surface area contributed by atoms with Gasteiger partial charge in [-0.3, -0.25) is 4.72 Å². The molecule has 0 amide bonds. The molecule has 0 radical (unpaired) electrons. The van der Waals surface area contributed by atoms with Crippen LogP contribution < -0.4 is 10.0 Å². The fourth-order valence-electron chi connectivity index (χ4n) is 1.96. The third-order valence-electron chi connectivity index (χ3n) is 3.02. The predicted molar refractivity (Wildman–Crippen MR) is 90.8 cm³/mol. The maximum Gasteiger partial charge on any atom is 0.271 e. The molecule has 0 aliphatic rings. The van der Waals surface area contributed by atoms with Crippen molar-refractivity contribution in [2.45, 2.75) is 18.1 Å². The minimum absolute atomic E-state index is 0.301. The van der Waals surface area contributed by atoms with E-state index in [0.29, 0.717) is 21.5 Å². The molecule has 1 aromatic carbocycles. The molecule has 3 aromatic rings. The fourth-order valence-corrected chi connectivity index (χ4v) is 4.30. The van der Waals surface area contributed by atoms with Gasteiger partial charge in [0.05, 0.1) is 0 Å². The third kappa shape index (κ3) is 3.72. The summed E-state index contributed by atoms with van der Waals surface area (Å²) in [7, 11) is -3.54. The number of aryl methyl sites for hydroxylation is 2. The zero-order valence-electron chi connectivity index (χ0n) is 12.5. The van der Waals surface area contributed by atoms with E-state index < -0.39 is 10.0 Å². The molecular weight excluding hydrogens is 334 g/mol. The van der Waals surface area contributed by atoms with Gasteiger partial charge < -0.3 is 9.84 Å². The lowest BCUT2D eigenvalue weighted by molar-refractivity contribution is 0.400. The first-order valence-corrected chi connectivity index (χ1v) is 9.12. The van der Waals surface area contributed by atoms with Gasteiger partial charge in [0.25, 0.3) is 10.0 Å². The van der Waals surface area contributed by atoms with E-state index in [2.05, 4.69) is 15.2 Å². The Balaban J connectivity index is 1.72. The first-order valence-electron chi connectivity index (χ1n) is 6.82. The Hall–Kier alpha value is -2.32. The van der Waals surface area contributed by atoms with Crippen LogP contribution in [0.3, 0.4) is 0 Å². The van der Waals surface area contributed by atoms with E-state index in [-0.39, 0.29) is 0 Å². The molecule has 8 heteroatoms. The molecule has 0 aliphatic carbocycles. The van der Waals surface area contributed by atoms with Gasteiger partial charge >= 0.3 is 0 Å². The summed E-state index contributed by atoms with van der Waals surface area (Å²) >= 11 is 1.24. The number of aromatic nitrogens is 1. The van der Waals surface area contributed by atoms with E-state index in [4.69, 9.17) is 4.52 Å². The van der Waals surface area contributed by atoms with Crippen molar-refractivity contribution in [3.63, 3.8) is 0 Å². The summed E-state index contributed by atoms with van der Waals surface area (Å²) in [4.78, 5) is 0.952. The summed E-state index contributed by atoms with van der Waals surface area (Å²) in [6.07, 6.45) is 0. The van der Waals surface area contributed by atoms with Gasteiger partial charge in [-0.15, -0.1) is 11.3 Å². The van der Waals surface area contributed by atoms with E-state index in [1.165, 1.54) is 11.3 Å². The average molecular weight is 349 g/mol. The second kappa shape index (κ2) is 6.05. The number of thiophene rings is 1. The van der Waals surface area contributed by atoms with Crippen LogP contribution in [-0.2, 0) is 10.0 Å². The number of hydrogen-bond donors (Lipinski definition) is 2. The number of sulfonamides is 1. The third-order valence-corrected chi connectivity index (χ3v) is 5.89. The molecule has 0 fully saturated rings. The van der Waals surface area contributed by atoms with E-state index in [1.807, 2.05) is 13.8 Å².